The van der Waals surface area contributed by atoms with Crippen LogP contribution in [-0.2, 0) is 0 Å². The molecule has 1 aromatic rings. The Morgan fingerprint density at radius 2 is 2.38 bits per heavy atom. The molecule has 4 nitrogen and oxygen atoms in total. The molecule has 5 heteroatoms. The third-order valence-electron chi connectivity index (χ3n) is 2.95. The summed E-state index contributed by atoms with van der Waals surface area (Å²) >= 11 is 5.75. The predicted molar refractivity (Wildman–Crippen MR) is 62.1 cm³/mol. The van der Waals surface area contributed by atoms with Gasteiger partial charge in [-0.25, -0.2) is 9.97 Å². The maximum Gasteiger partial charge on any atom is 0.224 e. The zero-order chi connectivity index (χ0) is 11.5. The van der Waals surface area contributed by atoms with Gasteiger partial charge in [0, 0.05) is 17.8 Å². The van der Waals surface area contributed by atoms with Crippen molar-refractivity contribution in [1.82, 2.24) is 9.97 Å². The number of hydrogen-bond acceptors (Lipinski definition) is 4. The third kappa shape index (κ3) is 2.25. The number of hydrogen-bond donors (Lipinski definition) is 1. The smallest absolute Gasteiger partial charge is 0.224 e. The minimum absolute atomic E-state index is 0.0770. The highest BCUT2D eigenvalue weighted by atomic mass is 35.5. The molecule has 1 aromatic heterocycles. The molecule has 0 aromatic carbocycles. The predicted octanol–water partition coefficient (Wildman–Crippen LogP) is 2.54. The molecule has 0 unspecified atom stereocenters. The number of aryl methyl sites for hydroxylation is 1. The number of halogens is 1. The number of nitriles is 1. The van der Waals surface area contributed by atoms with Gasteiger partial charge in [-0.2, -0.15) is 5.26 Å². The Morgan fingerprint density at radius 1 is 1.56 bits per heavy atom. The van der Waals surface area contributed by atoms with Gasteiger partial charge in [-0.15, -0.1) is 0 Å². The quantitative estimate of drug-likeness (QED) is 0.802. The summed E-state index contributed by atoms with van der Waals surface area (Å²) in [6.45, 7) is 1.93. The highest BCUT2D eigenvalue weighted by Crippen LogP contribution is 2.28. The van der Waals surface area contributed by atoms with Crippen molar-refractivity contribution >= 4 is 17.4 Å². The van der Waals surface area contributed by atoms with Gasteiger partial charge in [0.25, 0.3) is 0 Å². The summed E-state index contributed by atoms with van der Waals surface area (Å²) in [4.78, 5) is 8.04. The van der Waals surface area contributed by atoms with Crippen molar-refractivity contribution in [2.24, 2.45) is 5.92 Å². The molecule has 0 radical (unpaired) electrons. The van der Waals surface area contributed by atoms with E-state index >= 15 is 0 Å². The van der Waals surface area contributed by atoms with E-state index in [0.717, 1.165) is 30.6 Å². The summed E-state index contributed by atoms with van der Waals surface area (Å²) < 4.78 is 0. The summed E-state index contributed by atoms with van der Waals surface area (Å²) in [5.41, 5.74) is 0.952. The van der Waals surface area contributed by atoms with Gasteiger partial charge >= 0.3 is 0 Å². The van der Waals surface area contributed by atoms with Crippen molar-refractivity contribution in [3.63, 3.8) is 0 Å². The number of rotatable bonds is 2. The molecule has 1 aliphatic rings. The van der Waals surface area contributed by atoms with Crippen LogP contribution in [0.15, 0.2) is 6.20 Å². The van der Waals surface area contributed by atoms with Gasteiger partial charge in [-0.1, -0.05) is 0 Å². The minimum atomic E-state index is 0.0770. The van der Waals surface area contributed by atoms with Crippen LogP contribution in [0.5, 0.6) is 0 Å². The minimum Gasteiger partial charge on any atom is -0.366 e. The first-order chi connectivity index (χ1) is 7.70. The number of anilines is 1. The highest BCUT2D eigenvalue weighted by Gasteiger charge is 2.27. The monoisotopic (exact) mass is 236 g/mol. The average molecular weight is 237 g/mol. The van der Waals surface area contributed by atoms with E-state index in [1.54, 1.807) is 6.20 Å². The number of aromatic nitrogens is 2. The Bertz CT molecular complexity index is 426. The van der Waals surface area contributed by atoms with Crippen LogP contribution in [0.2, 0.25) is 5.28 Å². The van der Waals surface area contributed by atoms with E-state index in [9.17, 15) is 0 Å². The maximum absolute atomic E-state index is 8.99. The molecule has 1 aliphatic carbocycles. The van der Waals surface area contributed by atoms with Gasteiger partial charge in [0.1, 0.15) is 5.82 Å². The second-order valence-corrected chi connectivity index (χ2v) is 4.43. The van der Waals surface area contributed by atoms with Gasteiger partial charge in [0.15, 0.2) is 0 Å². The van der Waals surface area contributed by atoms with Gasteiger partial charge in [0.2, 0.25) is 5.28 Å². The molecule has 1 heterocycles. The summed E-state index contributed by atoms with van der Waals surface area (Å²) in [6.07, 6.45) is 4.76. The van der Waals surface area contributed by atoms with Crippen molar-refractivity contribution in [2.75, 3.05) is 5.32 Å². The Kier molecular flexibility index (Phi) is 3.25. The molecular weight excluding hydrogens is 224 g/mol. The number of nitrogens with zero attached hydrogens (tertiary/aromatic N) is 3. The topological polar surface area (TPSA) is 61.6 Å². The summed E-state index contributed by atoms with van der Waals surface area (Å²) in [5, 5.41) is 12.5. The fourth-order valence-corrected chi connectivity index (χ4v) is 2.16. The normalized spacial score (nSPS) is 24.1. The average Bonchev–Trinajstić information content (AvgIpc) is 2.71. The lowest BCUT2D eigenvalue weighted by atomic mass is 10.1. The fraction of sp³-hybridized carbons (Fsp3) is 0.545. The lowest BCUT2D eigenvalue weighted by molar-refractivity contribution is 0.626. The molecular formula is C11H13ClN4. The Hall–Kier alpha value is -1.34. The highest BCUT2D eigenvalue weighted by molar-refractivity contribution is 6.28. The molecule has 84 valence electrons. The first kappa shape index (κ1) is 11.2. The van der Waals surface area contributed by atoms with Crippen LogP contribution in [-0.4, -0.2) is 16.0 Å². The van der Waals surface area contributed by atoms with Gasteiger partial charge in [-0.05, 0) is 37.8 Å². The second-order valence-electron chi connectivity index (χ2n) is 4.09. The van der Waals surface area contributed by atoms with Crippen LogP contribution in [0.1, 0.15) is 24.8 Å². The molecule has 1 fully saturated rings. The second kappa shape index (κ2) is 4.67. The van der Waals surface area contributed by atoms with E-state index in [0.29, 0.717) is 0 Å². The molecule has 0 saturated heterocycles. The molecule has 2 atom stereocenters. The summed E-state index contributed by atoms with van der Waals surface area (Å²) in [5.74, 6) is 0.820. The van der Waals surface area contributed by atoms with Crippen molar-refractivity contribution in [2.45, 2.75) is 32.2 Å². The molecule has 16 heavy (non-hydrogen) atoms. The van der Waals surface area contributed by atoms with Crippen LogP contribution in [0.3, 0.4) is 0 Å². The molecule has 1 N–H and O–H groups in total. The largest absolute Gasteiger partial charge is 0.366 e. The van der Waals surface area contributed by atoms with E-state index in [1.165, 1.54) is 0 Å². The van der Waals surface area contributed by atoms with Crippen LogP contribution in [0.4, 0.5) is 5.82 Å². The summed E-state index contributed by atoms with van der Waals surface area (Å²) in [6, 6.07) is 2.52. The molecule has 0 amide bonds. The van der Waals surface area contributed by atoms with Gasteiger partial charge in [0.05, 0.1) is 12.0 Å². The van der Waals surface area contributed by atoms with Gasteiger partial charge < -0.3 is 5.32 Å². The first-order valence-electron chi connectivity index (χ1n) is 5.36. The summed E-state index contributed by atoms with van der Waals surface area (Å²) in [7, 11) is 0. The zero-order valence-corrected chi connectivity index (χ0v) is 9.83. The van der Waals surface area contributed by atoms with E-state index in [2.05, 4.69) is 21.4 Å². The van der Waals surface area contributed by atoms with Crippen LogP contribution < -0.4 is 5.32 Å². The van der Waals surface area contributed by atoms with E-state index in [4.69, 9.17) is 16.9 Å². The van der Waals surface area contributed by atoms with Crippen molar-refractivity contribution in [3.05, 3.63) is 17.0 Å². The Balaban J connectivity index is 2.14. The van der Waals surface area contributed by atoms with E-state index < -0.39 is 0 Å². The molecule has 0 spiro atoms. The molecule has 2 rings (SSSR count). The number of nitrogens with one attached hydrogen (secondary N) is 1. The molecule has 0 aliphatic heterocycles. The molecule has 1 saturated carbocycles. The SMILES string of the molecule is Cc1cnc(Cl)nc1N[C@@H]1CCC[C@H]1C#N. The third-order valence-corrected chi connectivity index (χ3v) is 3.13. The maximum atomic E-state index is 8.99. The van der Waals surface area contributed by atoms with Crippen molar-refractivity contribution in [3.8, 4) is 6.07 Å². The van der Waals surface area contributed by atoms with E-state index in [-0.39, 0.29) is 17.2 Å². The van der Waals surface area contributed by atoms with Crippen molar-refractivity contribution in [1.29, 1.82) is 5.26 Å². The van der Waals surface area contributed by atoms with Crippen LogP contribution in [0, 0.1) is 24.2 Å². The standard InChI is InChI=1S/C11H13ClN4/c1-7-6-14-11(12)16-10(7)15-9-4-2-3-8(9)5-13/h6,8-9H,2-4H2,1H3,(H,14,15,16)/t8-,9+/m0/s1. The van der Waals surface area contributed by atoms with E-state index in [1.807, 2.05) is 6.92 Å². The van der Waals surface area contributed by atoms with Crippen molar-refractivity contribution < 1.29 is 0 Å². The lowest BCUT2D eigenvalue weighted by Crippen LogP contribution is -2.24. The van der Waals surface area contributed by atoms with Crippen LogP contribution >= 0.6 is 11.6 Å². The van der Waals surface area contributed by atoms with Gasteiger partial charge in [-0.3, -0.25) is 0 Å². The molecule has 0 bridgehead atoms. The zero-order valence-electron chi connectivity index (χ0n) is 9.07. The fourth-order valence-electron chi connectivity index (χ4n) is 2.03. The van der Waals surface area contributed by atoms with Crippen LogP contribution in [0.25, 0.3) is 0 Å². The first-order valence-corrected chi connectivity index (χ1v) is 5.74. The Morgan fingerprint density at radius 3 is 3.12 bits per heavy atom. The Labute approximate surface area is 99.7 Å². The lowest BCUT2D eigenvalue weighted by Gasteiger charge is -2.17.